The molecule has 0 aliphatic heterocycles. The lowest BCUT2D eigenvalue weighted by Gasteiger charge is -2.23. The number of amides is 2. The second-order valence-corrected chi connectivity index (χ2v) is 9.34. The van der Waals surface area contributed by atoms with Crippen LogP contribution in [0.1, 0.15) is 30.8 Å². The molecule has 186 valence electrons. The van der Waals surface area contributed by atoms with Crippen LogP contribution in [0, 0.1) is 5.82 Å². The monoisotopic (exact) mass is 498 g/mol. The van der Waals surface area contributed by atoms with Crippen LogP contribution < -0.4 is 5.32 Å². The normalized spacial score (nSPS) is 11.9. The van der Waals surface area contributed by atoms with E-state index in [0.717, 1.165) is 17.8 Å². The Hall–Kier alpha value is -3.24. The first-order chi connectivity index (χ1) is 16.8. The second-order valence-electron chi connectivity index (χ2n) is 8.39. The van der Waals surface area contributed by atoms with E-state index < -0.39 is 0 Å². The molecule has 10 heteroatoms. The Balaban J connectivity index is 1.66. The van der Waals surface area contributed by atoms with Gasteiger partial charge in [0, 0.05) is 12.7 Å². The summed E-state index contributed by atoms with van der Waals surface area (Å²) in [5, 5.41) is 12.2. The summed E-state index contributed by atoms with van der Waals surface area (Å²) in [5.74, 6) is 0.0182. The molecule has 0 saturated carbocycles. The summed E-state index contributed by atoms with van der Waals surface area (Å²) in [5.41, 5.74) is 1.59. The number of nitrogens with zero attached hydrogens (tertiary/aromatic N) is 5. The van der Waals surface area contributed by atoms with Gasteiger partial charge in [0.15, 0.2) is 11.0 Å². The Labute approximate surface area is 209 Å². The van der Waals surface area contributed by atoms with Gasteiger partial charge in [0.25, 0.3) is 0 Å². The molecule has 0 radical (unpaired) electrons. The smallest absolute Gasteiger partial charge is 0.243 e. The lowest BCUT2D eigenvalue weighted by molar-refractivity contribution is -0.131. The van der Waals surface area contributed by atoms with Gasteiger partial charge in [0.1, 0.15) is 5.82 Å². The zero-order chi connectivity index (χ0) is 25.4. The fourth-order valence-electron chi connectivity index (χ4n) is 3.62. The second kappa shape index (κ2) is 12.5. The van der Waals surface area contributed by atoms with E-state index in [1.807, 2.05) is 44.4 Å². The van der Waals surface area contributed by atoms with Crippen LogP contribution in [0.3, 0.4) is 0 Å². The van der Waals surface area contributed by atoms with Crippen LogP contribution in [0.2, 0.25) is 0 Å². The largest absolute Gasteiger partial charge is 0.336 e. The Morgan fingerprint density at radius 2 is 1.74 bits per heavy atom. The molecule has 3 rings (SSSR count). The molecule has 0 aliphatic carbocycles. The van der Waals surface area contributed by atoms with Gasteiger partial charge in [-0.1, -0.05) is 49.0 Å². The summed E-state index contributed by atoms with van der Waals surface area (Å²) in [6.07, 6.45) is 0.870. The maximum atomic E-state index is 13.0. The third-order valence-electron chi connectivity index (χ3n) is 5.50. The Morgan fingerprint density at radius 3 is 2.37 bits per heavy atom. The first-order valence-electron chi connectivity index (χ1n) is 11.3. The molecule has 35 heavy (non-hydrogen) atoms. The van der Waals surface area contributed by atoms with Crippen LogP contribution >= 0.6 is 11.8 Å². The van der Waals surface area contributed by atoms with E-state index in [2.05, 4.69) is 31.9 Å². The number of nitrogens with one attached hydrogen (secondary N) is 1. The van der Waals surface area contributed by atoms with Gasteiger partial charge in [-0.3, -0.25) is 14.5 Å². The minimum absolute atomic E-state index is 0.0918. The van der Waals surface area contributed by atoms with Crippen molar-refractivity contribution in [2.75, 3.05) is 38.8 Å². The summed E-state index contributed by atoms with van der Waals surface area (Å²) < 4.78 is 15.1. The van der Waals surface area contributed by atoms with E-state index >= 15 is 0 Å². The third kappa shape index (κ3) is 7.37. The van der Waals surface area contributed by atoms with Gasteiger partial charge in [-0.2, -0.15) is 0 Å². The fourth-order valence-corrected chi connectivity index (χ4v) is 4.51. The van der Waals surface area contributed by atoms with Gasteiger partial charge in [0.05, 0.1) is 24.9 Å². The lowest BCUT2D eigenvalue weighted by Crippen LogP contribution is -2.36. The summed E-state index contributed by atoms with van der Waals surface area (Å²) >= 11 is 1.30. The summed E-state index contributed by atoms with van der Waals surface area (Å²) in [7, 11) is 5.60. The molecule has 2 amide bonds. The zero-order valence-corrected chi connectivity index (χ0v) is 21.3. The van der Waals surface area contributed by atoms with E-state index in [9.17, 15) is 14.0 Å². The summed E-state index contributed by atoms with van der Waals surface area (Å²) in [6.45, 7) is 2.59. The van der Waals surface area contributed by atoms with Crippen LogP contribution in [0.15, 0.2) is 59.8 Å². The van der Waals surface area contributed by atoms with Gasteiger partial charge in [-0.15, -0.1) is 10.2 Å². The van der Waals surface area contributed by atoms with Gasteiger partial charge in [-0.05, 0) is 50.3 Å². The predicted octanol–water partition coefficient (Wildman–Crippen LogP) is 3.67. The minimum Gasteiger partial charge on any atom is -0.336 e. The van der Waals surface area contributed by atoms with E-state index in [4.69, 9.17) is 0 Å². The first kappa shape index (κ1) is 26.4. The van der Waals surface area contributed by atoms with Crippen molar-refractivity contribution in [1.29, 1.82) is 0 Å². The number of halogens is 1. The van der Waals surface area contributed by atoms with Gasteiger partial charge in [-0.25, -0.2) is 4.39 Å². The Kier molecular flexibility index (Phi) is 9.39. The number of carbonyl (C=O) groups excluding carboxylic acids is 2. The van der Waals surface area contributed by atoms with Crippen LogP contribution in [-0.2, 0) is 16.1 Å². The maximum Gasteiger partial charge on any atom is 0.243 e. The van der Waals surface area contributed by atoms with Crippen molar-refractivity contribution < 1.29 is 14.0 Å². The highest BCUT2D eigenvalue weighted by Crippen LogP contribution is 2.26. The molecule has 0 fully saturated rings. The van der Waals surface area contributed by atoms with Crippen molar-refractivity contribution in [2.45, 2.75) is 31.1 Å². The van der Waals surface area contributed by atoms with Crippen molar-refractivity contribution >= 4 is 29.3 Å². The molecule has 8 nitrogen and oxygen atoms in total. The molecule has 1 heterocycles. The highest BCUT2D eigenvalue weighted by Gasteiger charge is 2.23. The third-order valence-corrected chi connectivity index (χ3v) is 6.45. The Bertz CT molecular complexity index is 1120. The van der Waals surface area contributed by atoms with E-state index in [1.54, 1.807) is 7.05 Å². The van der Waals surface area contributed by atoms with Crippen LogP contribution in [0.5, 0.6) is 0 Å². The number of hydrogen-bond acceptors (Lipinski definition) is 6. The standard InChI is InChI=1S/C25H31FN6O2S/c1-5-21(30(2)3)24-28-29-25(32(24)15-18-9-7-6-8-10-18)35-17-23(34)31(4)16-22(33)27-20-13-11-19(26)12-14-20/h6-14,21H,5,15-17H2,1-4H3,(H,27,33). The highest BCUT2D eigenvalue weighted by atomic mass is 32.2. The van der Waals surface area contributed by atoms with E-state index in [0.29, 0.717) is 17.4 Å². The topological polar surface area (TPSA) is 83.4 Å². The SMILES string of the molecule is CCC(c1nnc(SCC(=O)N(C)CC(=O)Nc2ccc(F)cc2)n1Cc1ccccc1)N(C)C. The molecule has 0 aliphatic rings. The predicted molar refractivity (Wildman–Crippen MR) is 136 cm³/mol. The number of rotatable bonds is 11. The van der Waals surface area contributed by atoms with Gasteiger partial charge in [0.2, 0.25) is 11.8 Å². The number of aromatic nitrogens is 3. The van der Waals surface area contributed by atoms with Crippen molar-refractivity contribution in [3.8, 4) is 0 Å². The quantitative estimate of drug-likeness (QED) is 0.406. The van der Waals surface area contributed by atoms with Gasteiger partial charge < -0.3 is 14.8 Å². The molecule has 3 aromatic rings. The van der Waals surface area contributed by atoms with Gasteiger partial charge >= 0.3 is 0 Å². The zero-order valence-electron chi connectivity index (χ0n) is 20.4. The molecule has 0 spiro atoms. The Morgan fingerprint density at radius 1 is 1.06 bits per heavy atom. The number of likely N-dealkylation sites (N-methyl/N-ethyl adjacent to an activating group) is 1. The lowest BCUT2D eigenvalue weighted by atomic mass is 10.2. The van der Waals surface area contributed by atoms with Crippen LogP contribution in [-0.4, -0.2) is 69.8 Å². The molecule has 0 saturated heterocycles. The minimum atomic E-state index is -0.383. The summed E-state index contributed by atoms with van der Waals surface area (Å²) in [4.78, 5) is 28.5. The number of benzene rings is 2. The number of carbonyl (C=O) groups is 2. The number of hydrogen-bond donors (Lipinski definition) is 1. The molecule has 2 aromatic carbocycles. The van der Waals surface area contributed by atoms with Crippen molar-refractivity contribution in [1.82, 2.24) is 24.6 Å². The average Bonchev–Trinajstić information content (AvgIpc) is 3.21. The van der Waals surface area contributed by atoms with Crippen molar-refractivity contribution in [3.63, 3.8) is 0 Å². The van der Waals surface area contributed by atoms with Crippen molar-refractivity contribution in [3.05, 3.63) is 71.8 Å². The van der Waals surface area contributed by atoms with Crippen LogP contribution in [0.25, 0.3) is 0 Å². The van der Waals surface area contributed by atoms with Crippen molar-refractivity contribution in [2.24, 2.45) is 0 Å². The molecule has 1 N–H and O–H groups in total. The molecular formula is C25H31FN6O2S. The fraction of sp³-hybridized carbons (Fsp3) is 0.360. The molecule has 0 bridgehead atoms. The van der Waals surface area contributed by atoms with E-state index in [-0.39, 0.29) is 36.0 Å². The maximum absolute atomic E-state index is 13.0. The number of anilines is 1. The van der Waals surface area contributed by atoms with Crippen LogP contribution in [0.4, 0.5) is 10.1 Å². The highest BCUT2D eigenvalue weighted by molar-refractivity contribution is 7.99. The molecular weight excluding hydrogens is 467 g/mol. The molecule has 1 aromatic heterocycles. The molecule has 1 unspecified atom stereocenters. The summed E-state index contributed by atoms with van der Waals surface area (Å²) in [6, 6.07) is 15.6. The first-order valence-corrected chi connectivity index (χ1v) is 12.3. The average molecular weight is 499 g/mol. The van der Waals surface area contributed by atoms with E-state index in [1.165, 1.54) is 40.9 Å². The molecule has 1 atom stereocenters. The number of thioether (sulfide) groups is 1.